The van der Waals surface area contributed by atoms with Gasteiger partial charge in [0, 0.05) is 5.25 Å². The van der Waals surface area contributed by atoms with Gasteiger partial charge in [-0.3, -0.25) is 20.4 Å². The van der Waals surface area contributed by atoms with Gasteiger partial charge >= 0.3 is 0 Å². The fourth-order valence-corrected chi connectivity index (χ4v) is 3.77. The van der Waals surface area contributed by atoms with Crippen molar-refractivity contribution in [2.75, 3.05) is 12.4 Å². The maximum atomic E-state index is 12.0. The van der Waals surface area contributed by atoms with Crippen LogP contribution >= 0.6 is 11.8 Å². The zero-order valence-corrected chi connectivity index (χ0v) is 13.6. The average Bonchev–Trinajstić information content (AvgIpc) is 3.11. The van der Waals surface area contributed by atoms with E-state index in [9.17, 15) is 9.59 Å². The molecule has 3 rings (SSSR count). The molecular formula is C16H20N2O4S. The molecule has 0 spiro atoms. The Kier molecular flexibility index (Phi) is 5.27. The van der Waals surface area contributed by atoms with Crippen LogP contribution in [0.4, 0.5) is 0 Å². The first-order chi connectivity index (χ1) is 11.2. The summed E-state index contributed by atoms with van der Waals surface area (Å²) in [6, 6.07) is 7.17. The van der Waals surface area contributed by atoms with Crippen molar-refractivity contribution in [1.29, 1.82) is 0 Å². The molecule has 6 nitrogen and oxygen atoms in total. The number of para-hydroxylation sites is 2. The Balaban J connectivity index is 1.40. The molecule has 1 heterocycles. The van der Waals surface area contributed by atoms with Gasteiger partial charge in [-0.05, 0) is 25.0 Å². The molecule has 0 unspecified atom stereocenters. The number of hydrogen-bond acceptors (Lipinski definition) is 5. The maximum absolute atomic E-state index is 12.0. The second-order valence-corrected chi connectivity index (χ2v) is 6.91. The van der Waals surface area contributed by atoms with Crippen LogP contribution in [0.5, 0.6) is 11.5 Å². The second kappa shape index (κ2) is 7.59. The molecule has 1 atom stereocenters. The summed E-state index contributed by atoms with van der Waals surface area (Å²) in [6.45, 7) is 0.121. The van der Waals surface area contributed by atoms with Crippen molar-refractivity contribution in [1.82, 2.24) is 10.9 Å². The lowest BCUT2D eigenvalue weighted by Crippen LogP contribution is -2.51. The summed E-state index contributed by atoms with van der Waals surface area (Å²) >= 11 is 1.65. The molecule has 1 saturated carbocycles. The van der Waals surface area contributed by atoms with Crippen molar-refractivity contribution < 1.29 is 19.1 Å². The Hall–Kier alpha value is -1.89. The van der Waals surface area contributed by atoms with Gasteiger partial charge in [0.15, 0.2) is 11.5 Å². The largest absolute Gasteiger partial charge is 0.485 e. The quantitative estimate of drug-likeness (QED) is 0.818. The number of amides is 2. The van der Waals surface area contributed by atoms with Gasteiger partial charge in [0.05, 0.1) is 5.75 Å². The maximum Gasteiger partial charge on any atom is 0.283 e. The van der Waals surface area contributed by atoms with Crippen molar-refractivity contribution in [3.63, 3.8) is 0 Å². The van der Waals surface area contributed by atoms with Crippen molar-refractivity contribution in [2.45, 2.75) is 37.0 Å². The Morgan fingerprint density at radius 1 is 1.13 bits per heavy atom. The molecule has 1 fully saturated rings. The molecule has 0 radical (unpaired) electrons. The Labute approximate surface area is 139 Å². The van der Waals surface area contributed by atoms with E-state index >= 15 is 0 Å². The van der Waals surface area contributed by atoms with Crippen LogP contribution in [-0.2, 0) is 9.59 Å². The molecule has 0 aromatic heterocycles. The van der Waals surface area contributed by atoms with E-state index in [4.69, 9.17) is 9.47 Å². The topological polar surface area (TPSA) is 76.7 Å². The predicted molar refractivity (Wildman–Crippen MR) is 87.4 cm³/mol. The number of hydrazine groups is 1. The number of nitrogens with one attached hydrogen (secondary N) is 2. The minimum Gasteiger partial charge on any atom is -0.485 e. The zero-order chi connectivity index (χ0) is 16.1. The lowest BCUT2D eigenvalue weighted by atomic mass is 10.2. The first kappa shape index (κ1) is 16.0. The summed E-state index contributed by atoms with van der Waals surface area (Å²) in [7, 11) is 0. The van der Waals surface area contributed by atoms with Crippen LogP contribution in [0.15, 0.2) is 24.3 Å². The molecule has 2 N–H and O–H groups in total. The highest BCUT2D eigenvalue weighted by molar-refractivity contribution is 8.00. The SMILES string of the molecule is O=C(CSC1CCCC1)NNC(=O)[C@H]1COc2ccccc2O1. The van der Waals surface area contributed by atoms with E-state index in [1.165, 1.54) is 25.7 Å². The second-order valence-electron chi connectivity index (χ2n) is 5.62. The molecule has 124 valence electrons. The standard InChI is InChI=1S/C16H20N2O4S/c19-15(10-23-11-5-1-2-6-11)17-18-16(20)14-9-21-12-7-3-4-8-13(12)22-14/h3-4,7-8,11,14H,1-2,5-6,9-10H2,(H,17,19)(H,18,20)/t14-/m1/s1. The van der Waals surface area contributed by atoms with Gasteiger partial charge in [0.1, 0.15) is 6.61 Å². The third-order valence-corrected chi connectivity index (χ3v) is 5.25. The van der Waals surface area contributed by atoms with Gasteiger partial charge in [0.25, 0.3) is 5.91 Å². The number of ether oxygens (including phenoxy) is 2. The molecule has 1 aromatic rings. The number of hydrogen-bond donors (Lipinski definition) is 2. The highest BCUT2D eigenvalue weighted by Crippen LogP contribution is 2.31. The lowest BCUT2D eigenvalue weighted by molar-refractivity contribution is -0.134. The van der Waals surface area contributed by atoms with Crippen LogP contribution in [0.25, 0.3) is 0 Å². The Morgan fingerprint density at radius 2 is 1.87 bits per heavy atom. The minimum absolute atomic E-state index is 0.121. The van der Waals surface area contributed by atoms with Gasteiger partial charge in [0.2, 0.25) is 12.0 Å². The number of thioether (sulfide) groups is 1. The molecular weight excluding hydrogens is 316 g/mol. The molecule has 2 amide bonds. The van der Waals surface area contributed by atoms with E-state index in [2.05, 4.69) is 10.9 Å². The summed E-state index contributed by atoms with van der Waals surface area (Å²) in [5.41, 5.74) is 4.83. The molecule has 0 bridgehead atoms. The van der Waals surface area contributed by atoms with Crippen molar-refractivity contribution >= 4 is 23.6 Å². The predicted octanol–water partition coefficient (Wildman–Crippen LogP) is 1.65. The molecule has 2 aliphatic rings. The van der Waals surface area contributed by atoms with E-state index in [1.807, 2.05) is 12.1 Å². The fraction of sp³-hybridized carbons (Fsp3) is 0.500. The summed E-state index contributed by atoms with van der Waals surface area (Å²) in [4.78, 5) is 23.8. The van der Waals surface area contributed by atoms with E-state index in [0.717, 1.165) is 0 Å². The van der Waals surface area contributed by atoms with Gasteiger partial charge < -0.3 is 9.47 Å². The molecule has 23 heavy (non-hydrogen) atoms. The van der Waals surface area contributed by atoms with E-state index in [-0.39, 0.29) is 12.5 Å². The van der Waals surface area contributed by atoms with E-state index in [1.54, 1.807) is 23.9 Å². The highest BCUT2D eigenvalue weighted by Gasteiger charge is 2.27. The first-order valence-electron chi connectivity index (χ1n) is 7.81. The van der Waals surface area contributed by atoms with Gasteiger partial charge in [-0.1, -0.05) is 25.0 Å². The lowest BCUT2D eigenvalue weighted by Gasteiger charge is -2.25. The summed E-state index contributed by atoms with van der Waals surface area (Å²) in [6.07, 6.45) is 4.08. The van der Waals surface area contributed by atoms with Gasteiger partial charge in [-0.2, -0.15) is 0 Å². The Morgan fingerprint density at radius 3 is 2.65 bits per heavy atom. The highest BCUT2D eigenvalue weighted by atomic mass is 32.2. The smallest absolute Gasteiger partial charge is 0.283 e. The zero-order valence-electron chi connectivity index (χ0n) is 12.7. The van der Waals surface area contributed by atoms with Crippen LogP contribution < -0.4 is 20.3 Å². The molecule has 1 aliphatic carbocycles. The number of rotatable bonds is 4. The van der Waals surface area contributed by atoms with E-state index < -0.39 is 12.0 Å². The number of benzene rings is 1. The van der Waals surface area contributed by atoms with Crippen LogP contribution in [0, 0.1) is 0 Å². The molecule has 1 aliphatic heterocycles. The normalized spacial score (nSPS) is 20.1. The summed E-state index contributed by atoms with van der Waals surface area (Å²) in [5.74, 6) is 0.886. The summed E-state index contributed by atoms with van der Waals surface area (Å²) < 4.78 is 11.1. The van der Waals surface area contributed by atoms with Crippen LogP contribution in [0.2, 0.25) is 0 Å². The average molecular weight is 336 g/mol. The Bertz CT molecular complexity index is 575. The van der Waals surface area contributed by atoms with Crippen molar-refractivity contribution in [2.24, 2.45) is 0 Å². The van der Waals surface area contributed by atoms with Crippen LogP contribution in [0.3, 0.4) is 0 Å². The van der Waals surface area contributed by atoms with Crippen LogP contribution in [0.1, 0.15) is 25.7 Å². The molecule has 0 saturated heterocycles. The summed E-state index contributed by atoms with van der Waals surface area (Å²) in [5, 5.41) is 0.572. The van der Waals surface area contributed by atoms with Crippen molar-refractivity contribution in [3.05, 3.63) is 24.3 Å². The number of carbonyl (C=O) groups is 2. The monoisotopic (exact) mass is 336 g/mol. The third kappa shape index (κ3) is 4.31. The first-order valence-corrected chi connectivity index (χ1v) is 8.86. The minimum atomic E-state index is -0.771. The molecule has 7 heteroatoms. The van der Waals surface area contributed by atoms with Gasteiger partial charge in [-0.15, -0.1) is 11.8 Å². The van der Waals surface area contributed by atoms with E-state index in [0.29, 0.717) is 22.5 Å². The molecule has 1 aromatic carbocycles. The van der Waals surface area contributed by atoms with Crippen molar-refractivity contribution in [3.8, 4) is 11.5 Å². The number of fused-ring (bicyclic) bond motifs is 1. The number of carbonyl (C=O) groups excluding carboxylic acids is 2. The van der Waals surface area contributed by atoms with Gasteiger partial charge in [-0.25, -0.2) is 0 Å². The third-order valence-electron chi connectivity index (χ3n) is 3.88. The van der Waals surface area contributed by atoms with Crippen LogP contribution in [-0.4, -0.2) is 35.5 Å². The fourth-order valence-electron chi connectivity index (χ4n) is 2.65.